The summed E-state index contributed by atoms with van der Waals surface area (Å²) in [5.74, 6) is -0.120. The second-order valence-electron chi connectivity index (χ2n) is 10.0. The van der Waals surface area contributed by atoms with E-state index in [0.29, 0.717) is 24.0 Å². The molecule has 2 atom stereocenters. The van der Waals surface area contributed by atoms with Crippen molar-refractivity contribution in [1.29, 1.82) is 0 Å². The van der Waals surface area contributed by atoms with Gasteiger partial charge in [-0.1, -0.05) is 48.6 Å². The smallest absolute Gasteiger partial charge is 0.337 e. The van der Waals surface area contributed by atoms with Gasteiger partial charge in [0.15, 0.2) is 5.78 Å². The van der Waals surface area contributed by atoms with Gasteiger partial charge in [0.25, 0.3) is 0 Å². The predicted molar refractivity (Wildman–Crippen MR) is 147 cm³/mol. The van der Waals surface area contributed by atoms with Crippen LogP contribution < -0.4 is 10.1 Å². The fourth-order valence-corrected chi connectivity index (χ4v) is 6.05. The van der Waals surface area contributed by atoms with E-state index in [0.717, 1.165) is 51.2 Å². The molecule has 1 aliphatic heterocycles. The van der Waals surface area contributed by atoms with Crippen LogP contribution in [0.4, 0.5) is 0 Å². The summed E-state index contributed by atoms with van der Waals surface area (Å²) in [7, 11) is 1.66. The Labute approximate surface area is 221 Å². The molecule has 2 N–H and O–H groups in total. The van der Waals surface area contributed by atoms with Gasteiger partial charge in [-0.25, -0.2) is 4.79 Å². The zero-order valence-corrected chi connectivity index (χ0v) is 21.5. The summed E-state index contributed by atoms with van der Waals surface area (Å²) >= 11 is 0. The number of fused-ring (bicyclic) bond motifs is 1. The van der Waals surface area contributed by atoms with Crippen LogP contribution in [0.1, 0.15) is 49.1 Å². The minimum Gasteiger partial charge on any atom is -0.496 e. The lowest BCUT2D eigenvalue weighted by molar-refractivity contribution is -0.138. The van der Waals surface area contributed by atoms with E-state index in [2.05, 4.69) is 16.4 Å². The Morgan fingerprint density at radius 1 is 1.05 bits per heavy atom. The monoisotopic (exact) mass is 506 g/mol. The Balaban J connectivity index is 1.43. The number of H-pyrrole nitrogens is 1. The lowest BCUT2D eigenvalue weighted by Gasteiger charge is -2.37. The normalized spacial score (nSPS) is 20.9. The van der Waals surface area contributed by atoms with E-state index in [-0.39, 0.29) is 18.3 Å². The molecule has 6 heteroatoms. The number of carbonyl (C=O) groups excluding carboxylic acids is 2. The van der Waals surface area contributed by atoms with E-state index >= 15 is 0 Å². The maximum atomic E-state index is 14.0. The molecule has 2 aliphatic carbocycles. The van der Waals surface area contributed by atoms with Gasteiger partial charge in [-0.3, -0.25) is 4.79 Å². The third-order valence-electron chi connectivity index (χ3n) is 7.78. The first-order valence-corrected chi connectivity index (χ1v) is 13.0. The average molecular weight is 507 g/mol. The number of ether oxygens (including phenoxy) is 2. The van der Waals surface area contributed by atoms with Gasteiger partial charge < -0.3 is 19.8 Å². The molecular weight excluding hydrogens is 476 g/mol. The topological polar surface area (TPSA) is 80.4 Å². The van der Waals surface area contributed by atoms with Gasteiger partial charge in [0.2, 0.25) is 0 Å². The second-order valence-corrected chi connectivity index (χ2v) is 10.0. The number of benzene rings is 2. The van der Waals surface area contributed by atoms with Crippen molar-refractivity contribution >= 4 is 22.7 Å². The van der Waals surface area contributed by atoms with Crippen molar-refractivity contribution in [3.05, 3.63) is 112 Å². The quantitative estimate of drug-likeness (QED) is 0.403. The number of allylic oxidation sites excluding steroid dienone is 5. The van der Waals surface area contributed by atoms with Gasteiger partial charge in [-0.2, -0.15) is 0 Å². The molecule has 6 rings (SSSR count). The molecular formula is C32H30N2O4. The van der Waals surface area contributed by atoms with E-state index in [1.165, 1.54) is 0 Å². The lowest BCUT2D eigenvalue weighted by Crippen LogP contribution is -2.36. The van der Waals surface area contributed by atoms with Crippen LogP contribution >= 0.6 is 0 Å². The second kappa shape index (κ2) is 9.86. The van der Waals surface area contributed by atoms with Gasteiger partial charge in [-0.15, -0.1) is 0 Å². The summed E-state index contributed by atoms with van der Waals surface area (Å²) in [6.07, 6.45) is 9.81. The van der Waals surface area contributed by atoms with Crippen LogP contribution in [0.3, 0.4) is 0 Å². The first kappa shape index (κ1) is 24.0. The van der Waals surface area contributed by atoms with Crippen molar-refractivity contribution in [2.45, 2.75) is 38.0 Å². The molecule has 0 saturated carbocycles. The number of methoxy groups -OCH3 is 1. The van der Waals surface area contributed by atoms with Gasteiger partial charge in [0.1, 0.15) is 12.4 Å². The molecule has 2 aromatic carbocycles. The largest absolute Gasteiger partial charge is 0.496 e. The van der Waals surface area contributed by atoms with Crippen LogP contribution in [0.2, 0.25) is 0 Å². The average Bonchev–Trinajstić information content (AvgIpc) is 3.63. The molecule has 0 saturated heterocycles. The number of carbonyl (C=O) groups is 2. The highest BCUT2D eigenvalue weighted by Gasteiger charge is 2.42. The minimum atomic E-state index is -0.516. The van der Waals surface area contributed by atoms with Gasteiger partial charge in [0, 0.05) is 52.3 Å². The SMILES string of the molecule is COc1ccccc1[C@H]1CC(=O)C2=C(C1)NC(C)=C(C(=O)OCC1=CCC=C1)[C@H]2c1cccc2[nH]ccc12. The van der Waals surface area contributed by atoms with Crippen LogP contribution in [-0.2, 0) is 14.3 Å². The van der Waals surface area contributed by atoms with Crippen molar-refractivity contribution < 1.29 is 19.1 Å². The standard InChI is InChI=1S/C32H30N2O4/c1-19-29(32(36)38-18-20-8-3-4-9-20)30(24-11-7-12-25-23(24)14-15-33-25)31-26(34-19)16-21(17-27(31)35)22-10-5-6-13-28(22)37-2/h3,5-15,21,30,33-34H,4,16-18H2,1-2H3/t21-,30-/m1/s1. The fourth-order valence-electron chi connectivity index (χ4n) is 6.05. The zero-order valence-electron chi connectivity index (χ0n) is 21.5. The zero-order chi connectivity index (χ0) is 26.2. The Kier molecular flexibility index (Phi) is 6.24. The summed E-state index contributed by atoms with van der Waals surface area (Å²) in [6.45, 7) is 2.11. The van der Waals surface area contributed by atoms with Gasteiger partial charge in [-0.05, 0) is 54.7 Å². The molecule has 0 bridgehead atoms. The van der Waals surface area contributed by atoms with E-state index in [4.69, 9.17) is 9.47 Å². The Morgan fingerprint density at radius 3 is 2.71 bits per heavy atom. The van der Waals surface area contributed by atoms with Crippen molar-refractivity contribution in [3.8, 4) is 5.75 Å². The fraction of sp³-hybridized carbons (Fsp3) is 0.250. The van der Waals surface area contributed by atoms with Crippen molar-refractivity contribution in [3.63, 3.8) is 0 Å². The highest BCUT2D eigenvalue weighted by molar-refractivity contribution is 6.05. The first-order chi connectivity index (χ1) is 18.5. The number of hydrogen-bond acceptors (Lipinski definition) is 5. The highest BCUT2D eigenvalue weighted by atomic mass is 16.5. The Morgan fingerprint density at radius 2 is 1.89 bits per heavy atom. The molecule has 0 amide bonds. The van der Waals surface area contributed by atoms with Crippen LogP contribution in [-0.4, -0.2) is 30.5 Å². The summed E-state index contributed by atoms with van der Waals surface area (Å²) in [5, 5.41) is 4.44. The number of ketones is 1. The van der Waals surface area contributed by atoms with Gasteiger partial charge in [0.05, 0.1) is 12.7 Å². The molecule has 0 unspecified atom stereocenters. The molecule has 3 aromatic rings. The maximum Gasteiger partial charge on any atom is 0.337 e. The number of aromatic nitrogens is 1. The van der Waals surface area contributed by atoms with E-state index in [9.17, 15) is 9.59 Å². The number of hydrogen-bond donors (Lipinski definition) is 2. The van der Waals surface area contributed by atoms with E-state index < -0.39 is 11.9 Å². The number of Topliss-reactive ketones (excluding diaryl/α,β-unsaturated/α-hetero) is 1. The molecule has 192 valence electrons. The van der Waals surface area contributed by atoms with Crippen molar-refractivity contribution in [1.82, 2.24) is 10.3 Å². The maximum absolute atomic E-state index is 14.0. The molecule has 6 nitrogen and oxygen atoms in total. The summed E-state index contributed by atoms with van der Waals surface area (Å²) in [6, 6.07) is 15.9. The molecule has 38 heavy (non-hydrogen) atoms. The molecule has 0 fully saturated rings. The highest BCUT2D eigenvalue weighted by Crippen LogP contribution is 2.48. The summed E-state index contributed by atoms with van der Waals surface area (Å²) in [5.41, 5.74) is 6.62. The van der Waals surface area contributed by atoms with E-state index in [1.54, 1.807) is 7.11 Å². The van der Waals surface area contributed by atoms with Crippen molar-refractivity contribution in [2.24, 2.45) is 0 Å². The number of para-hydroxylation sites is 1. The third-order valence-corrected chi connectivity index (χ3v) is 7.78. The minimum absolute atomic E-state index is 0.0176. The third kappa shape index (κ3) is 4.16. The predicted octanol–water partition coefficient (Wildman–Crippen LogP) is 5.97. The van der Waals surface area contributed by atoms with Crippen molar-refractivity contribution in [2.75, 3.05) is 13.7 Å². The lowest BCUT2D eigenvalue weighted by atomic mass is 9.71. The van der Waals surface area contributed by atoms with Crippen LogP contribution in [0.25, 0.3) is 10.9 Å². The molecule has 0 spiro atoms. The summed E-state index contributed by atoms with van der Waals surface area (Å²) < 4.78 is 11.4. The first-order valence-electron chi connectivity index (χ1n) is 13.0. The molecule has 0 radical (unpaired) electrons. The Bertz CT molecular complexity index is 1570. The molecule has 2 heterocycles. The number of rotatable bonds is 6. The van der Waals surface area contributed by atoms with Gasteiger partial charge >= 0.3 is 5.97 Å². The molecule has 1 aromatic heterocycles. The van der Waals surface area contributed by atoms with Crippen LogP contribution in [0.15, 0.2) is 101 Å². The van der Waals surface area contributed by atoms with E-state index in [1.807, 2.05) is 73.8 Å². The number of nitrogens with one attached hydrogen (secondary N) is 2. The molecule has 3 aliphatic rings. The van der Waals surface area contributed by atoms with Crippen LogP contribution in [0.5, 0.6) is 5.75 Å². The summed E-state index contributed by atoms with van der Waals surface area (Å²) in [4.78, 5) is 30.9. The number of aromatic amines is 1. The number of dihydropyridines is 1. The number of esters is 1. The van der Waals surface area contributed by atoms with Crippen LogP contribution in [0, 0.1) is 0 Å². The Hall–Kier alpha value is -4.32.